The van der Waals surface area contributed by atoms with Crippen LogP contribution in [-0.2, 0) is 16.1 Å². The summed E-state index contributed by atoms with van der Waals surface area (Å²) in [5, 5.41) is 9.38. The van der Waals surface area contributed by atoms with Crippen molar-refractivity contribution in [2.45, 2.75) is 32.1 Å². The molecule has 7 heteroatoms. The Hall–Kier alpha value is -2.51. The first-order valence-corrected chi connectivity index (χ1v) is 8.24. The van der Waals surface area contributed by atoms with E-state index in [9.17, 15) is 9.59 Å². The zero-order valence-electron chi connectivity index (χ0n) is 14.0. The lowest BCUT2D eigenvalue weighted by atomic mass is 10.1. The summed E-state index contributed by atoms with van der Waals surface area (Å²) in [5.74, 6) is -0.495. The first-order valence-electron chi connectivity index (χ1n) is 8.24. The molecule has 0 saturated carbocycles. The van der Waals surface area contributed by atoms with Crippen molar-refractivity contribution in [1.29, 1.82) is 0 Å². The van der Waals surface area contributed by atoms with Gasteiger partial charge in [-0.25, -0.2) is 0 Å². The molecule has 0 bridgehead atoms. The molecule has 0 radical (unpaired) electrons. The standard InChI is InChI=1S/C18H21N3O4/c1-12(22)15-9-16(21-20-15)18(23)19-14-7-8-24-11-17(14)25-10-13-5-3-2-4-6-13/h2-6,9,14,17H,7-8,10-11H2,1H3,(H,19,23)(H,20,21)/t14-,17-/m1/s1. The van der Waals surface area contributed by atoms with Crippen LogP contribution < -0.4 is 5.32 Å². The molecule has 2 atom stereocenters. The predicted octanol–water partition coefficient (Wildman–Crippen LogP) is 1.72. The fraction of sp³-hybridized carbons (Fsp3) is 0.389. The number of aromatic amines is 1. The van der Waals surface area contributed by atoms with Crippen LogP contribution in [-0.4, -0.2) is 47.2 Å². The van der Waals surface area contributed by atoms with Gasteiger partial charge in [0.1, 0.15) is 17.5 Å². The van der Waals surface area contributed by atoms with Crippen molar-refractivity contribution in [3.05, 3.63) is 53.3 Å². The topological polar surface area (TPSA) is 93.3 Å². The zero-order chi connectivity index (χ0) is 17.6. The molecular formula is C18H21N3O4. The van der Waals surface area contributed by atoms with Gasteiger partial charge in [0.15, 0.2) is 5.78 Å². The Kier molecular flexibility index (Phi) is 5.57. The summed E-state index contributed by atoms with van der Waals surface area (Å²) >= 11 is 0. The van der Waals surface area contributed by atoms with E-state index >= 15 is 0 Å². The summed E-state index contributed by atoms with van der Waals surface area (Å²) in [4.78, 5) is 23.7. The van der Waals surface area contributed by atoms with Gasteiger partial charge in [-0.15, -0.1) is 0 Å². The van der Waals surface area contributed by atoms with E-state index in [1.807, 2.05) is 30.3 Å². The molecule has 1 aliphatic heterocycles. The van der Waals surface area contributed by atoms with Crippen molar-refractivity contribution in [2.75, 3.05) is 13.2 Å². The van der Waals surface area contributed by atoms with Crippen LogP contribution in [0, 0.1) is 0 Å². The van der Waals surface area contributed by atoms with E-state index in [2.05, 4.69) is 15.5 Å². The number of rotatable bonds is 6. The van der Waals surface area contributed by atoms with Gasteiger partial charge < -0.3 is 14.8 Å². The second kappa shape index (κ2) is 8.04. The Morgan fingerprint density at radius 3 is 2.88 bits per heavy atom. The minimum absolute atomic E-state index is 0.158. The lowest BCUT2D eigenvalue weighted by molar-refractivity contribution is -0.0736. The zero-order valence-corrected chi connectivity index (χ0v) is 14.0. The van der Waals surface area contributed by atoms with Crippen LogP contribution in [0.25, 0.3) is 0 Å². The quantitative estimate of drug-likeness (QED) is 0.779. The highest BCUT2D eigenvalue weighted by Gasteiger charge is 2.28. The SMILES string of the molecule is CC(=O)c1cc(C(=O)N[C@@H]2CCOC[C@H]2OCc2ccccc2)[nH]n1. The number of nitrogens with zero attached hydrogens (tertiary/aromatic N) is 1. The lowest BCUT2D eigenvalue weighted by Crippen LogP contribution is -2.50. The minimum Gasteiger partial charge on any atom is -0.379 e. The first kappa shape index (κ1) is 17.3. The van der Waals surface area contributed by atoms with Crippen LogP contribution in [0.5, 0.6) is 0 Å². The second-order valence-corrected chi connectivity index (χ2v) is 6.00. The minimum atomic E-state index is -0.305. The van der Waals surface area contributed by atoms with E-state index in [1.54, 1.807) is 0 Å². The monoisotopic (exact) mass is 343 g/mol. The number of benzene rings is 1. The van der Waals surface area contributed by atoms with Crippen molar-refractivity contribution < 1.29 is 19.1 Å². The highest BCUT2D eigenvalue weighted by Crippen LogP contribution is 2.15. The van der Waals surface area contributed by atoms with Gasteiger partial charge in [-0.1, -0.05) is 30.3 Å². The van der Waals surface area contributed by atoms with Gasteiger partial charge in [-0.05, 0) is 18.1 Å². The molecule has 1 aliphatic rings. The number of carbonyl (C=O) groups is 2. The molecule has 132 valence electrons. The Balaban J connectivity index is 1.60. The number of nitrogens with one attached hydrogen (secondary N) is 2. The number of hydrogen-bond acceptors (Lipinski definition) is 5. The maximum absolute atomic E-state index is 12.4. The Bertz CT molecular complexity index is 729. The lowest BCUT2D eigenvalue weighted by Gasteiger charge is -2.32. The van der Waals surface area contributed by atoms with Crippen molar-refractivity contribution in [3.8, 4) is 0 Å². The molecule has 25 heavy (non-hydrogen) atoms. The number of hydrogen-bond donors (Lipinski definition) is 2. The molecule has 1 fully saturated rings. The molecule has 2 heterocycles. The number of ketones is 1. The summed E-state index contributed by atoms with van der Waals surface area (Å²) in [5.41, 5.74) is 1.57. The van der Waals surface area contributed by atoms with Crippen LogP contribution in [0.3, 0.4) is 0 Å². The van der Waals surface area contributed by atoms with Gasteiger partial charge in [0, 0.05) is 13.5 Å². The van der Waals surface area contributed by atoms with Gasteiger partial charge in [-0.3, -0.25) is 14.7 Å². The molecule has 1 aromatic heterocycles. The van der Waals surface area contributed by atoms with Crippen molar-refractivity contribution in [3.63, 3.8) is 0 Å². The van der Waals surface area contributed by atoms with Gasteiger partial charge in [0.2, 0.25) is 0 Å². The van der Waals surface area contributed by atoms with Crippen LogP contribution in [0.2, 0.25) is 0 Å². The average molecular weight is 343 g/mol. The molecule has 2 N–H and O–H groups in total. The number of Topliss-reactive ketones (excluding diaryl/α,β-unsaturated/α-hetero) is 1. The molecule has 3 rings (SSSR count). The number of aromatic nitrogens is 2. The normalized spacial score (nSPS) is 20.2. The fourth-order valence-electron chi connectivity index (χ4n) is 2.68. The van der Waals surface area contributed by atoms with E-state index in [1.165, 1.54) is 13.0 Å². The van der Waals surface area contributed by atoms with Crippen molar-refractivity contribution in [2.24, 2.45) is 0 Å². The summed E-state index contributed by atoms with van der Waals surface area (Å²) in [6.07, 6.45) is 0.437. The average Bonchev–Trinajstić information content (AvgIpc) is 3.12. The first-order chi connectivity index (χ1) is 12.1. The predicted molar refractivity (Wildman–Crippen MR) is 90.3 cm³/mol. The Morgan fingerprint density at radius 1 is 1.36 bits per heavy atom. The fourth-order valence-corrected chi connectivity index (χ4v) is 2.68. The van der Waals surface area contributed by atoms with E-state index in [4.69, 9.17) is 9.47 Å². The third-order valence-corrected chi connectivity index (χ3v) is 4.11. The molecule has 0 aliphatic carbocycles. The van der Waals surface area contributed by atoms with E-state index in [0.717, 1.165) is 5.56 Å². The van der Waals surface area contributed by atoms with Gasteiger partial charge in [-0.2, -0.15) is 5.10 Å². The summed E-state index contributed by atoms with van der Waals surface area (Å²) < 4.78 is 11.4. The van der Waals surface area contributed by atoms with Crippen LogP contribution in [0.4, 0.5) is 0 Å². The van der Waals surface area contributed by atoms with E-state index < -0.39 is 0 Å². The maximum atomic E-state index is 12.4. The molecule has 1 aromatic carbocycles. The Labute approximate surface area is 145 Å². The highest BCUT2D eigenvalue weighted by molar-refractivity contribution is 5.97. The van der Waals surface area contributed by atoms with Crippen LogP contribution in [0.1, 0.15) is 39.9 Å². The molecule has 7 nitrogen and oxygen atoms in total. The summed E-state index contributed by atoms with van der Waals surface area (Å²) in [6.45, 7) is 2.86. The molecule has 0 unspecified atom stereocenters. The largest absolute Gasteiger partial charge is 0.379 e. The number of amides is 1. The maximum Gasteiger partial charge on any atom is 0.269 e. The third-order valence-electron chi connectivity index (χ3n) is 4.11. The van der Waals surface area contributed by atoms with Gasteiger partial charge >= 0.3 is 0 Å². The van der Waals surface area contributed by atoms with Crippen molar-refractivity contribution in [1.82, 2.24) is 15.5 Å². The van der Waals surface area contributed by atoms with E-state index in [0.29, 0.717) is 26.2 Å². The molecule has 0 spiro atoms. The number of H-pyrrole nitrogens is 1. The molecule has 2 aromatic rings. The number of carbonyl (C=O) groups excluding carboxylic acids is 2. The van der Waals surface area contributed by atoms with Gasteiger partial charge in [0.25, 0.3) is 5.91 Å². The smallest absolute Gasteiger partial charge is 0.269 e. The molecule has 1 saturated heterocycles. The van der Waals surface area contributed by atoms with E-state index in [-0.39, 0.29) is 35.2 Å². The number of ether oxygens (including phenoxy) is 2. The second-order valence-electron chi connectivity index (χ2n) is 6.00. The summed E-state index contributed by atoms with van der Waals surface area (Å²) in [6, 6.07) is 11.2. The Morgan fingerprint density at radius 2 is 2.16 bits per heavy atom. The van der Waals surface area contributed by atoms with Crippen LogP contribution in [0.15, 0.2) is 36.4 Å². The van der Waals surface area contributed by atoms with Gasteiger partial charge in [0.05, 0.1) is 19.3 Å². The third kappa shape index (κ3) is 4.52. The summed E-state index contributed by atoms with van der Waals surface area (Å²) in [7, 11) is 0. The highest BCUT2D eigenvalue weighted by atomic mass is 16.5. The van der Waals surface area contributed by atoms with Crippen LogP contribution >= 0.6 is 0 Å². The van der Waals surface area contributed by atoms with Crippen molar-refractivity contribution >= 4 is 11.7 Å². The molecule has 1 amide bonds. The molecular weight excluding hydrogens is 322 g/mol.